The van der Waals surface area contributed by atoms with Crippen molar-refractivity contribution in [1.29, 1.82) is 0 Å². The summed E-state index contributed by atoms with van der Waals surface area (Å²) in [6.45, 7) is 6.91. The first kappa shape index (κ1) is 21.4. The van der Waals surface area contributed by atoms with Crippen LogP contribution in [0.4, 0.5) is 10.1 Å². The van der Waals surface area contributed by atoms with Crippen LogP contribution in [-0.2, 0) is 14.8 Å². The molecule has 1 heterocycles. The van der Waals surface area contributed by atoms with Crippen LogP contribution in [0.15, 0.2) is 47.4 Å². The lowest BCUT2D eigenvalue weighted by atomic mass is 10.2. The molecule has 1 fully saturated rings. The van der Waals surface area contributed by atoms with Gasteiger partial charge in [-0.15, -0.1) is 0 Å². The van der Waals surface area contributed by atoms with Gasteiger partial charge in [0.15, 0.2) is 0 Å². The average Bonchev–Trinajstić information content (AvgIpc) is 2.69. The highest BCUT2D eigenvalue weighted by Gasteiger charge is 2.32. The van der Waals surface area contributed by atoms with Crippen molar-refractivity contribution in [3.63, 3.8) is 0 Å². The van der Waals surface area contributed by atoms with E-state index < -0.39 is 21.9 Å². The standard InChI is InChI=1S/C21H26FN3O3S/c1-15-8-9-20(16(2)14-15)29(27,28)25-12-10-24(11-13-25)17(3)21(26)23-19-7-5-4-6-18(19)22/h4-9,14,17H,10-13H2,1-3H3,(H,23,26). The van der Waals surface area contributed by atoms with Crippen molar-refractivity contribution in [3.8, 4) is 0 Å². The van der Waals surface area contributed by atoms with Gasteiger partial charge in [0, 0.05) is 26.2 Å². The third-order valence-electron chi connectivity index (χ3n) is 5.28. The highest BCUT2D eigenvalue weighted by molar-refractivity contribution is 7.89. The summed E-state index contributed by atoms with van der Waals surface area (Å²) in [5, 5.41) is 2.60. The van der Waals surface area contributed by atoms with E-state index in [1.54, 1.807) is 38.1 Å². The maximum Gasteiger partial charge on any atom is 0.243 e. The van der Waals surface area contributed by atoms with Crippen molar-refractivity contribution in [2.45, 2.75) is 31.7 Å². The molecule has 156 valence electrons. The van der Waals surface area contributed by atoms with Gasteiger partial charge in [0.05, 0.1) is 16.6 Å². The molecule has 0 aromatic heterocycles. The molecule has 0 aliphatic carbocycles. The summed E-state index contributed by atoms with van der Waals surface area (Å²) in [6, 6.07) is 10.8. The van der Waals surface area contributed by atoms with Gasteiger partial charge in [-0.05, 0) is 44.5 Å². The number of sulfonamides is 1. The van der Waals surface area contributed by atoms with Gasteiger partial charge >= 0.3 is 0 Å². The predicted molar refractivity (Wildman–Crippen MR) is 111 cm³/mol. The normalized spacial score (nSPS) is 17.1. The number of rotatable bonds is 5. The molecule has 29 heavy (non-hydrogen) atoms. The van der Waals surface area contributed by atoms with Gasteiger partial charge in [0.2, 0.25) is 15.9 Å². The van der Waals surface area contributed by atoms with Crippen LogP contribution in [0.1, 0.15) is 18.1 Å². The number of nitrogens with zero attached hydrogens (tertiary/aromatic N) is 2. The van der Waals surface area contributed by atoms with Crippen molar-refractivity contribution >= 4 is 21.6 Å². The molecule has 1 saturated heterocycles. The second-order valence-electron chi connectivity index (χ2n) is 7.35. The first-order valence-corrected chi connectivity index (χ1v) is 11.0. The van der Waals surface area contributed by atoms with Crippen molar-refractivity contribution in [2.24, 2.45) is 0 Å². The van der Waals surface area contributed by atoms with Crippen LogP contribution in [-0.4, -0.2) is 55.8 Å². The summed E-state index contributed by atoms with van der Waals surface area (Å²) in [5.41, 5.74) is 1.88. The Balaban J connectivity index is 1.63. The van der Waals surface area contributed by atoms with Gasteiger partial charge in [0.1, 0.15) is 5.82 Å². The van der Waals surface area contributed by atoms with E-state index in [9.17, 15) is 17.6 Å². The van der Waals surface area contributed by atoms with E-state index in [2.05, 4.69) is 5.32 Å². The molecule has 1 atom stereocenters. The third kappa shape index (κ3) is 4.66. The lowest BCUT2D eigenvalue weighted by molar-refractivity contribution is -0.121. The molecule has 2 aromatic rings. The third-order valence-corrected chi connectivity index (χ3v) is 7.34. The molecule has 1 aliphatic heterocycles. The van der Waals surface area contributed by atoms with E-state index in [-0.39, 0.29) is 11.6 Å². The smallest absolute Gasteiger partial charge is 0.243 e. The predicted octanol–water partition coefficient (Wildman–Crippen LogP) is 2.78. The summed E-state index contributed by atoms with van der Waals surface area (Å²) in [6.07, 6.45) is 0. The molecular formula is C21H26FN3O3S. The Hall–Kier alpha value is -2.29. The Morgan fingerprint density at radius 3 is 2.34 bits per heavy atom. The monoisotopic (exact) mass is 419 g/mol. The minimum atomic E-state index is -3.58. The fourth-order valence-electron chi connectivity index (χ4n) is 3.52. The summed E-state index contributed by atoms with van der Waals surface area (Å²) < 4.78 is 41.2. The van der Waals surface area contributed by atoms with Gasteiger partial charge in [-0.1, -0.05) is 29.8 Å². The van der Waals surface area contributed by atoms with Crippen molar-refractivity contribution in [1.82, 2.24) is 9.21 Å². The molecule has 1 aliphatic rings. The van der Waals surface area contributed by atoms with Crippen LogP contribution in [0.25, 0.3) is 0 Å². The largest absolute Gasteiger partial charge is 0.322 e. The summed E-state index contributed by atoms with van der Waals surface area (Å²) >= 11 is 0. The van der Waals surface area contributed by atoms with Gasteiger partial charge < -0.3 is 5.32 Å². The second kappa shape index (κ2) is 8.61. The fourth-order valence-corrected chi connectivity index (χ4v) is 5.15. The molecule has 2 aromatic carbocycles. The van der Waals surface area contributed by atoms with Crippen molar-refractivity contribution in [2.75, 3.05) is 31.5 Å². The Kier molecular flexibility index (Phi) is 6.36. The number of benzene rings is 2. The lowest BCUT2D eigenvalue weighted by Gasteiger charge is -2.36. The number of carbonyl (C=O) groups excluding carboxylic acids is 1. The van der Waals surface area contributed by atoms with E-state index in [1.165, 1.54) is 16.4 Å². The van der Waals surface area contributed by atoms with Crippen LogP contribution in [0.5, 0.6) is 0 Å². The van der Waals surface area contributed by atoms with E-state index >= 15 is 0 Å². The van der Waals surface area contributed by atoms with Crippen LogP contribution in [0, 0.1) is 19.7 Å². The molecule has 6 nitrogen and oxygen atoms in total. The molecule has 1 amide bonds. The summed E-state index contributed by atoms with van der Waals surface area (Å²) in [5.74, 6) is -0.807. The van der Waals surface area contributed by atoms with Crippen LogP contribution < -0.4 is 5.32 Å². The van der Waals surface area contributed by atoms with Gasteiger partial charge in [-0.3, -0.25) is 9.69 Å². The molecule has 0 radical (unpaired) electrons. The number of halogens is 1. The molecule has 1 unspecified atom stereocenters. The lowest BCUT2D eigenvalue weighted by Crippen LogP contribution is -2.54. The summed E-state index contributed by atoms with van der Waals surface area (Å²) in [4.78, 5) is 14.7. The zero-order valence-corrected chi connectivity index (χ0v) is 17.7. The molecule has 0 bridgehead atoms. The Bertz CT molecular complexity index is 1000. The Morgan fingerprint density at radius 1 is 1.07 bits per heavy atom. The maximum absolute atomic E-state index is 13.8. The zero-order chi connectivity index (χ0) is 21.2. The highest BCUT2D eigenvalue weighted by atomic mass is 32.2. The number of hydrogen-bond donors (Lipinski definition) is 1. The van der Waals surface area contributed by atoms with E-state index in [0.717, 1.165) is 11.1 Å². The van der Waals surface area contributed by atoms with Crippen LogP contribution in [0.3, 0.4) is 0 Å². The Labute approximate surface area is 171 Å². The summed E-state index contributed by atoms with van der Waals surface area (Å²) in [7, 11) is -3.58. The number of para-hydroxylation sites is 1. The zero-order valence-electron chi connectivity index (χ0n) is 16.9. The number of aryl methyl sites for hydroxylation is 2. The minimum Gasteiger partial charge on any atom is -0.322 e. The van der Waals surface area contributed by atoms with Gasteiger partial charge in [0.25, 0.3) is 0 Å². The van der Waals surface area contributed by atoms with E-state index in [4.69, 9.17) is 0 Å². The SMILES string of the molecule is Cc1ccc(S(=O)(=O)N2CCN(C(C)C(=O)Nc3ccccc3F)CC2)c(C)c1. The molecular weight excluding hydrogens is 393 g/mol. The first-order chi connectivity index (χ1) is 13.7. The average molecular weight is 420 g/mol. The van der Waals surface area contributed by atoms with E-state index in [1.807, 2.05) is 17.9 Å². The molecule has 0 saturated carbocycles. The number of hydrogen-bond acceptors (Lipinski definition) is 4. The minimum absolute atomic E-state index is 0.139. The number of anilines is 1. The van der Waals surface area contributed by atoms with Gasteiger partial charge in [-0.2, -0.15) is 4.31 Å². The first-order valence-electron chi connectivity index (χ1n) is 9.57. The van der Waals surface area contributed by atoms with E-state index in [0.29, 0.717) is 31.1 Å². The quantitative estimate of drug-likeness (QED) is 0.809. The maximum atomic E-state index is 13.8. The number of amides is 1. The van der Waals surface area contributed by atoms with Crippen molar-refractivity contribution in [3.05, 3.63) is 59.4 Å². The number of piperazine rings is 1. The molecule has 3 rings (SSSR count). The molecule has 1 N–H and O–H groups in total. The van der Waals surface area contributed by atoms with Crippen molar-refractivity contribution < 1.29 is 17.6 Å². The fraction of sp³-hybridized carbons (Fsp3) is 0.381. The van der Waals surface area contributed by atoms with Crippen LogP contribution >= 0.6 is 0 Å². The Morgan fingerprint density at radius 2 is 1.72 bits per heavy atom. The molecule has 0 spiro atoms. The number of carbonyl (C=O) groups is 1. The topological polar surface area (TPSA) is 69.7 Å². The van der Waals surface area contributed by atoms with Crippen LogP contribution in [0.2, 0.25) is 0 Å². The number of nitrogens with one attached hydrogen (secondary N) is 1. The van der Waals surface area contributed by atoms with Gasteiger partial charge in [-0.25, -0.2) is 12.8 Å². The molecule has 8 heteroatoms. The second-order valence-corrected chi connectivity index (χ2v) is 9.26. The highest BCUT2D eigenvalue weighted by Crippen LogP contribution is 2.23.